The first-order valence-corrected chi connectivity index (χ1v) is 7.58. The standard InChI is InChI=1S/C19H20O2/c20-17-13-7-8-14-19(17,16-11-5-2-6-12-16)18(21)15-9-3-1-4-10-15/h1-6,9-12,17,20H,7-8,13-14H2/t17-,19+/m0/s1. The van der Waals surface area contributed by atoms with Crippen molar-refractivity contribution in [1.82, 2.24) is 0 Å². The van der Waals surface area contributed by atoms with Gasteiger partial charge in [-0.15, -0.1) is 0 Å². The quantitative estimate of drug-likeness (QED) is 0.870. The number of hydrogen-bond donors (Lipinski definition) is 1. The van der Waals surface area contributed by atoms with E-state index in [1.54, 1.807) is 0 Å². The minimum atomic E-state index is -0.791. The monoisotopic (exact) mass is 280 g/mol. The highest BCUT2D eigenvalue weighted by atomic mass is 16.3. The van der Waals surface area contributed by atoms with Gasteiger partial charge in [0.1, 0.15) is 0 Å². The summed E-state index contributed by atoms with van der Waals surface area (Å²) in [5.41, 5.74) is 0.828. The summed E-state index contributed by atoms with van der Waals surface area (Å²) in [6, 6.07) is 19.1. The van der Waals surface area contributed by atoms with Gasteiger partial charge in [-0.3, -0.25) is 4.79 Å². The van der Waals surface area contributed by atoms with Crippen LogP contribution in [0.4, 0.5) is 0 Å². The van der Waals surface area contributed by atoms with Crippen molar-refractivity contribution < 1.29 is 9.90 Å². The predicted molar refractivity (Wildman–Crippen MR) is 83.4 cm³/mol. The molecule has 0 amide bonds. The van der Waals surface area contributed by atoms with E-state index in [0.29, 0.717) is 18.4 Å². The zero-order chi connectivity index (χ0) is 14.7. The maximum absolute atomic E-state index is 13.2. The van der Waals surface area contributed by atoms with Crippen molar-refractivity contribution >= 4 is 5.78 Å². The van der Waals surface area contributed by atoms with E-state index in [4.69, 9.17) is 0 Å². The lowest BCUT2D eigenvalue weighted by molar-refractivity contribution is 0.0354. The number of ketones is 1. The Hall–Kier alpha value is -1.93. The van der Waals surface area contributed by atoms with E-state index < -0.39 is 11.5 Å². The zero-order valence-corrected chi connectivity index (χ0v) is 12.0. The topological polar surface area (TPSA) is 37.3 Å². The highest BCUT2D eigenvalue weighted by molar-refractivity contribution is 6.04. The normalized spacial score (nSPS) is 25.5. The van der Waals surface area contributed by atoms with Crippen molar-refractivity contribution in [2.75, 3.05) is 0 Å². The lowest BCUT2D eigenvalue weighted by Crippen LogP contribution is -2.48. The Morgan fingerprint density at radius 1 is 0.952 bits per heavy atom. The molecule has 2 heteroatoms. The van der Waals surface area contributed by atoms with Crippen LogP contribution in [-0.4, -0.2) is 17.0 Å². The van der Waals surface area contributed by atoms with Crippen LogP contribution in [0.2, 0.25) is 0 Å². The van der Waals surface area contributed by atoms with Crippen LogP contribution in [0.25, 0.3) is 0 Å². The summed E-state index contributed by atoms with van der Waals surface area (Å²) in [6.07, 6.45) is 2.75. The molecule has 0 saturated heterocycles. The van der Waals surface area contributed by atoms with Crippen LogP contribution in [0, 0.1) is 0 Å². The van der Waals surface area contributed by atoms with Crippen LogP contribution < -0.4 is 0 Å². The van der Waals surface area contributed by atoms with E-state index in [1.165, 1.54) is 0 Å². The Morgan fingerprint density at radius 3 is 2.19 bits per heavy atom. The Labute approximate surface area is 125 Å². The van der Waals surface area contributed by atoms with Gasteiger partial charge in [0.2, 0.25) is 0 Å². The summed E-state index contributed by atoms with van der Waals surface area (Å²) in [4.78, 5) is 13.2. The summed E-state index contributed by atoms with van der Waals surface area (Å²) in [5.74, 6) is 0.0431. The number of rotatable bonds is 3. The first-order chi connectivity index (χ1) is 10.2. The highest BCUT2D eigenvalue weighted by Crippen LogP contribution is 2.42. The van der Waals surface area contributed by atoms with Gasteiger partial charge in [-0.2, -0.15) is 0 Å². The molecule has 0 heterocycles. The van der Waals surface area contributed by atoms with Crippen molar-refractivity contribution in [2.45, 2.75) is 37.2 Å². The number of aliphatic hydroxyl groups excluding tert-OH is 1. The average Bonchev–Trinajstić information content (AvgIpc) is 2.56. The highest BCUT2D eigenvalue weighted by Gasteiger charge is 2.47. The van der Waals surface area contributed by atoms with E-state index in [9.17, 15) is 9.90 Å². The molecule has 0 bridgehead atoms. The number of Topliss-reactive ketones (excluding diaryl/α,β-unsaturated/α-hetero) is 1. The van der Waals surface area contributed by atoms with Crippen LogP contribution in [0.15, 0.2) is 60.7 Å². The summed E-state index contributed by atoms with van der Waals surface area (Å²) in [6.45, 7) is 0. The maximum Gasteiger partial charge on any atom is 0.175 e. The summed E-state index contributed by atoms with van der Waals surface area (Å²) in [7, 11) is 0. The number of hydrogen-bond acceptors (Lipinski definition) is 2. The molecule has 1 saturated carbocycles. The molecule has 1 aliphatic rings. The first-order valence-electron chi connectivity index (χ1n) is 7.58. The molecule has 1 aliphatic carbocycles. The number of aliphatic hydroxyl groups is 1. The minimum Gasteiger partial charge on any atom is -0.392 e. The lowest BCUT2D eigenvalue weighted by Gasteiger charge is -2.40. The molecule has 0 spiro atoms. The third-order valence-corrected chi connectivity index (χ3v) is 4.60. The zero-order valence-electron chi connectivity index (χ0n) is 12.0. The largest absolute Gasteiger partial charge is 0.392 e. The fraction of sp³-hybridized carbons (Fsp3) is 0.316. The van der Waals surface area contributed by atoms with Crippen LogP contribution >= 0.6 is 0 Å². The summed E-state index contributed by atoms with van der Waals surface area (Å²) >= 11 is 0. The minimum absolute atomic E-state index is 0.0431. The molecule has 0 unspecified atom stereocenters. The van der Waals surface area contributed by atoms with Crippen LogP contribution in [0.1, 0.15) is 41.6 Å². The van der Waals surface area contributed by atoms with Crippen molar-refractivity contribution in [3.05, 3.63) is 71.8 Å². The third kappa shape index (κ3) is 2.40. The smallest absolute Gasteiger partial charge is 0.175 e. The van der Waals surface area contributed by atoms with Crippen molar-refractivity contribution in [1.29, 1.82) is 0 Å². The van der Waals surface area contributed by atoms with Gasteiger partial charge in [-0.1, -0.05) is 73.5 Å². The number of carbonyl (C=O) groups is 1. The van der Waals surface area contributed by atoms with Crippen molar-refractivity contribution in [2.24, 2.45) is 0 Å². The molecule has 0 aromatic heterocycles. The molecule has 2 atom stereocenters. The van der Waals surface area contributed by atoms with Crippen LogP contribution in [-0.2, 0) is 5.41 Å². The predicted octanol–water partition coefficient (Wildman–Crippen LogP) is 3.74. The van der Waals surface area contributed by atoms with Gasteiger partial charge in [0.15, 0.2) is 5.78 Å². The number of benzene rings is 2. The van der Waals surface area contributed by atoms with Gasteiger partial charge in [-0.05, 0) is 18.4 Å². The number of carbonyl (C=O) groups excluding carboxylic acids is 1. The van der Waals surface area contributed by atoms with E-state index in [1.807, 2.05) is 60.7 Å². The maximum atomic E-state index is 13.2. The molecule has 0 radical (unpaired) electrons. The lowest BCUT2D eigenvalue weighted by atomic mass is 9.63. The summed E-state index contributed by atoms with van der Waals surface area (Å²) < 4.78 is 0. The van der Waals surface area contributed by atoms with Gasteiger partial charge in [-0.25, -0.2) is 0 Å². The van der Waals surface area contributed by atoms with E-state index >= 15 is 0 Å². The second kappa shape index (κ2) is 5.82. The Morgan fingerprint density at radius 2 is 1.57 bits per heavy atom. The average molecular weight is 280 g/mol. The molecule has 108 valence electrons. The van der Waals surface area contributed by atoms with Gasteiger partial charge in [0.25, 0.3) is 0 Å². The molecule has 2 aromatic rings. The second-order valence-electron chi connectivity index (χ2n) is 5.79. The second-order valence-corrected chi connectivity index (χ2v) is 5.79. The Kier molecular flexibility index (Phi) is 3.89. The molecular formula is C19H20O2. The van der Waals surface area contributed by atoms with Gasteiger partial charge in [0, 0.05) is 5.56 Å². The molecule has 2 nitrogen and oxygen atoms in total. The van der Waals surface area contributed by atoms with E-state index in [0.717, 1.165) is 18.4 Å². The Bertz CT molecular complexity index is 606. The Balaban J connectivity index is 2.11. The fourth-order valence-corrected chi connectivity index (χ4v) is 3.47. The molecule has 0 aliphatic heterocycles. The van der Waals surface area contributed by atoms with E-state index in [-0.39, 0.29) is 5.78 Å². The van der Waals surface area contributed by atoms with Gasteiger partial charge < -0.3 is 5.11 Å². The van der Waals surface area contributed by atoms with Gasteiger partial charge >= 0.3 is 0 Å². The van der Waals surface area contributed by atoms with Gasteiger partial charge in [0.05, 0.1) is 11.5 Å². The van der Waals surface area contributed by atoms with Crippen molar-refractivity contribution in [3.63, 3.8) is 0 Å². The third-order valence-electron chi connectivity index (χ3n) is 4.60. The fourth-order valence-electron chi connectivity index (χ4n) is 3.47. The molecule has 1 N–H and O–H groups in total. The SMILES string of the molecule is O=C(c1ccccc1)[C@@]1(c2ccccc2)CCCC[C@@H]1O. The van der Waals surface area contributed by atoms with Crippen LogP contribution in [0.5, 0.6) is 0 Å². The summed E-state index contributed by atoms with van der Waals surface area (Å²) in [5, 5.41) is 10.7. The van der Waals surface area contributed by atoms with Crippen LogP contribution in [0.3, 0.4) is 0 Å². The molecule has 21 heavy (non-hydrogen) atoms. The molecule has 3 rings (SSSR count). The molecule has 1 fully saturated rings. The molecular weight excluding hydrogens is 260 g/mol. The van der Waals surface area contributed by atoms with E-state index in [2.05, 4.69) is 0 Å². The van der Waals surface area contributed by atoms with Crippen molar-refractivity contribution in [3.8, 4) is 0 Å². The molecule has 2 aromatic carbocycles. The first kappa shape index (κ1) is 14.0.